The molecule has 0 aliphatic heterocycles. The van der Waals surface area contributed by atoms with Gasteiger partial charge in [0.25, 0.3) is 0 Å². The highest BCUT2D eigenvalue weighted by Gasteiger charge is 2.09. The minimum atomic E-state index is -0.0794. The number of aryl methyl sites for hydroxylation is 3. The standard InChI is InChI=1S/C18H22N6O2S/c1-13-5-6-15(10-14(13)2)26-9-7-17-22-23-18(27-17)21-16(25)4-3-8-24-12-19-11-20-24/h5-6,10-12H,3-4,7-9H2,1-2H3,(H,21,23,25). The average molecular weight is 386 g/mol. The molecule has 0 saturated heterocycles. The Morgan fingerprint density at radius 2 is 2.15 bits per heavy atom. The quantitative estimate of drug-likeness (QED) is 0.608. The van der Waals surface area contributed by atoms with E-state index in [1.54, 1.807) is 11.0 Å². The van der Waals surface area contributed by atoms with E-state index >= 15 is 0 Å². The van der Waals surface area contributed by atoms with Gasteiger partial charge in [0.05, 0.1) is 6.61 Å². The highest BCUT2D eigenvalue weighted by molar-refractivity contribution is 7.15. The van der Waals surface area contributed by atoms with Crippen molar-refractivity contribution in [2.75, 3.05) is 11.9 Å². The van der Waals surface area contributed by atoms with E-state index in [0.29, 0.717) is 37.5 Å². The van der Waals surface area contributed by atoms with Crippen LogP contribution in [0.1, 0.15) is 29.0 Å². The first kappa shape index (κ1) is 19.0. The van der Waals surface area contributed by atoms with Crippen molar-refractivity contribution < 1.29 is 9.53 Å². The van der Waals surface area contributed by atoms with E-state index in [1.807, 2.05) is 18.2 Å². The van der Waals surface area contributed by atoms with Crippen molar-refractivity contribution in [1.82, 2.24) is 25.0 Å². The number of hydrogen-bond donors (Lipinski definition) is 1. The number of benzene rings is 1. The lowest BCUT2D eigenvalue weighted by Crippen LogP contribution is -2.12. The largest absolute Gasteiger partial charge is 0.493 e. The Morgan fingerprint density at radius 1 is 1.26 bits per heavy atom. The van der Waals surface area contributed by atoms with Gasteiger partial charge in [-0.2, -0.15) is 5.10 Å². The summed E-state index contributed by atoms with van der Waals surface area (Å²) in [6.07, 6.45) is 4.84. The Balaban J connectivity index is 1.38. The van der Waals surface area contributed by atoms with Gasteiger partial charge in [0, 0.05) is 19.4 Å². The third kappa shape index (κ3) is 5.85. The molecule has 0 spiro atoms. The molecular formula is C18H22N6O2S. The van der Waals surface area contributed by atoms with Crippen molar-refractivity contribution in [2.24, 2.45) is 0 Å². The summed E-state index contributed by atoms with van der Waals surface area (Å²) < 4.78 is 7.46. The van der Waals surface area contributed by atoms with Crippen LogP contribution >= 0.6 is 11.3 Å². The molecule has 8 nitrogen and oxygen atoms in total. The second-order valence-corrected chi connectivity index (χ2v) is 7.22. The third-order valence-corrected chi connectivity index (χ3v) is 4.93. The molecule has 9 heteroatoms. The molecule has 27 heavy (non-hydrogen) atoms. The summed E-state index contributed by atoms with van der Waals surface area (Å²) >= 11 is 1.37. The number of carbonyl (C=O) groups excluding carboxylic acids is 1. The van der Waals surface area contributed by atoms with Crippen molar-refractivity contribution in [3.63, 3.8) is 0 Å². The summed E-state index contributed by atoms with van der Waals surface area (Å²) in [4.78, 5) is 15.8. The Hall–Kier alpha value is -2.81. The van der Waals surface area contributed by atoms with Gasteiger partial charge in [-0.1, -0.05) is 17.4 Å². The first-order valence-corrected chi connectivity index (χ1v) is 9.56. The van der Waals surface area contributed by atoms with Crippen molar-refractivity contribution in [3.8, 4) is 5.75 Å². The predicted molar refractivity (Wildman–Crippen MR) is 103 cm³/mol. The lowest BCUT2D eigenvalue weighted by atomic mass is 10.1. The molecule has 1 amide bonds. The Kier molecular flexibility index (Phi) is 6.48. The zero-order valence-electron chi connectivity index (χ0n) is 15.4. The van der Waals surface area contributed by atoms with Crippen LogP contribution in [-0.4, -0.2) is 37.5 Å². The first-order valence-electron chi connectivity index (χ1n) is 8.75. The maximum atomic E-state index is 12.0. The van der Waals surface area contributed by atoms with Gasteiger partial charge >= 0.3 is 0 Å². The van der Waals surface area contributed by atoms with Gasteiger partial charge in [0.2, 0.25) is 11.0 Å². The lowest BCUT2D eigenvalue weighted by Gasteiger charge is -2.07. The molecule has 3 aromatic rings. The van der Waals surface area contributed by atoms with E-state index in [9.17, 15) is 4.79 Å². The van der Waals surface area contributed by atoms with E-state index < -0.39 is 0 Å². The molecule has 0 fully saturated rings. The highest BCUT2D eigenvalue weighted by atomic mass is 32.1. The molecule has 1 N–H and O–H groups in total. The minimum Gasteiger partial charge on any atom is -0.493 e. The van der Waals surface area contributed by atoms with Crippen LogP contribution in [0.3, 0.4) is 0 Å². The number of ether oxygens (including phenoxy) is 1. The van der Waals surface area contributed by atoms with Gasteiger partial charge in [-0.05, 0) is 43.5 Å². The molecule has 0 aliphatic carbocycles. The van der Waals surface area contributed by atoms with Crippen LogP contribution in [0.25, 0.3) is 0 Å². The normalized spacial score (nSPS) is 10.7. The van der Waals surface area contributed by atoms with Crippen LogP contribution in [0.2, 0.25) is 0 Å². The number of nitrogens with one attached hydrogen (secondary N) is 1. The molecule has 0 bridgehead atoms. The van der Waals surface area contributed by atoms with Gasteiger partial charge in [-0.15, -0.1) is 10.2 Å². The molecule has 0 unspecified atom stereocenters. The van der Waals surface area contributed by atoms with Crippen LogP contribution in [-0.2, 0) is 17.8 Å². The summed E-state index contributed by atoms with van der Waals surface area (Å²) in [5.74, 6) is 0.771. The average Bonchev–Trinajstić information content (AvgIpc) is 3.30. The van der Waals surface area contributed by atoms with Crippen molar-refractivity contribution in [3.05, 3.63) is 47.0 Å². The summed E-state index contributed by atoms with van der Waals surface area (Å²) in [6, 6.07) is 6.04. The Labute approximate surface area is 161 Å². The maximum Gasteiger partial charge on any atom is 0.226 e. The topological polar surface area (TPSA) is 94.8 Å². The van der Waals surface area contributed by atoms with Crippen LogP contribution in [0.15, 0.2) is 30.9 Å². The van der Waals surface area contributed by atoms with Crippen LogP contribution < -0.4 is 10.1 Å². The van der Waals surface area contributed by atoms with E-state index in [-0.39, 0.29) is 5.91 Å². The summed E-state index contributed by atoms with van der Waals surface area (Å²) in [6.45, 7) is 5.31. The highest BCUT2D eigenvalue weighted by Crippen LogP contribution is 2.19. The number of rotatable bonds is 9. The van der Waals surface area contributed by atoms with Crippen LogP contribution in [0.5, 0.6) is 5.75 Å². The molecule has 0 atom stereocenters. The van der Waals surface area contributed by atoms with Crippen molar-refractivity contribution in [2.45, 2.75) is 39.7 Å². The molecular weight excluding hydrogens is 364 g/mol. The number of anilines is 1. The summed E-state index contributed by atoms with van der Waals surface area (Å²) in [5.41, 5.74) is 2.45. The second-order valence-electron chi connectivity index (χ2n) is 6.16. The number of hydrogen-bond acceptors (Lipinski definition) is 7. The lowest BCUT2D eigenvalue weighted by molar-refractivity contribution is -0.116. The van der Waals surface area contributed by atoms with Gasteiger partial charge in [-0.25, -0.2) is 4.98 Å². The molecule has 2 aromatic heterocycles. The zero-order chi connectivity index (χ0) is 19.1. The van der Waals surface area contributed by atoms with E-state index in [2.05, 4.69) is 39.4 Å². The number of carbonyl (C=O) groups is 1. The van der Waals surface area contributed by atoms with E-state index in [4.69, 9.17) is 4.74 Å². The Bertz CT molecular complexity index is 878. The van der Waals surface area contributed by atoms with Crippen molar-refractivity contribution >= 4 is 22.4 Å². The summed E-state index contributed by atoms with van der Waals surface area (Å²) in [7, 11) is 0. The molecule has 3 rings (SSSR count). The van der Waals surface area contributed by atoms with Crippen LogP contribution in [0, 0.1) is 13.8 Å². The Morgan fingerprint density at radius 3 is 2.93 bits per heavy atom. The second kappa shape index (κ2) is 9.22. The number of amides is 1. The van der Waals surface area contributed by atoms with Crippen molar-refractivity contribution in [1.29, 1.82) is 0 Å². The molecule has 0 saturated carbocycles. The molecule has 0 radical (unpaired) electrons. The fourth-order valence-electron chi connectivity index (χ4n) is 2.40. The molecule has 0 aliphatic rings. The fraction of sp³-hybridized carbons (Fsp3) is 0.389. The van der Waals surface area contributed by atoms with Gasteiger partial charge in [-0.3, -0.25) is 9.48 Å². The monoisotopic (exact) mass is 386 g/mol. The van der Waals surface area contributed by atoms with E-state index in [1.165, 1.54) is 28.8 Å². The van der Waals surface area contributed by atoms with Gasteiger partial charge < -0.3 is 10.1 Å². The van der Waals surface area contributed by atoms with Gasteiger partial charge in [0.15, 0.2) is 0 Å². The summed E-state index contributed by atoms with van der Waals surface area (Å²) in [5, 5.41) is 16.3. The third-order valence-electron chi connectivity index (χ3n) is 4.03. The minimum absolute atomic E-state index is 0.0794. The first-order chi connectivity index (χ1) is 13.1. The van der Waals surface area contributed by atoms with Crippen LogP contribution in [0.4, 0.5) is 5.13 Å². The predicted octanol–water partition coefficient (Wildman–Crippen LogP) is 2.79. The van der Waals surface area contributed by atoms with E-state index in [0.717, 1.165) is 10.8 Å². The maximum absolute atomic E-state index is 12.0. The number of nitrogens with zero attached hydrogens (tertiary/aromatic N) is 5. The fourth-order valence-corrected chi connectivity index (χ4v) is 3.13. The smallest absolute Gasteiger partial charge is 0.226 e. The van der Waals surface area contributed by atoms with Gasteiger partial charge in [0.1, 0.15) is 23.4 Å². The molecule has 142 valence electrons. The zero-order valence-corrected chi connectivity index (χ0v) is 16.2. The molecule has 1 aromatic carbocycles. The number of aromatic nitrogens is 5. The molecule has 2 heterocycles. The SMILES string of the molecule is Cc1ccc(OCCc2nnc(NC(=O)CCCn3cncn3)s2)cc1C.